The predicted octanol–water partition coefficient (Wildman–Crippen LogP) is 3.06. The molecule has 0 bridgehead atoms. The number of imide groups is 1. The number of carbonyl (C=O) groups excluding carboxylic acids is 3. The Kier molecular flexibility index (Phi) is 5.30. The van der Waals surface area contributed by atoms with Crippen LogP contribution in [0.1, 0.15) is 23.5 Å². The van der Waals surface area contributed by atoms with Crippen molar-refractivity contribution in [1.82, 2.24) is 15.2 Å². The smallest absolute Gasteiger partial charge is 0.294 e. The Bertz CT molecular complexity index is 819. The van der Waals surface area contributed by atoms with Crippen LogP contribution < -0.4 is 5.32 Å². The highest BCUT2D eigenvalue weighted by molar-refractivity contribution is 8.18. The molecule has 3 rings (SSSR count). The first kappa shape index (κ1) is 17.4. The molecule has 2 aromatic rings. The van der Waals surface area contributed by atoms with E-state index in [0.717, 1.165) is 21.5 Å². The molecule has 0 spiro atoms. The number of pyridine rings is 1. The third-order valence-electron chi connectivity index (χ3n) is 3.50. The van der Waals surface area contributed by atoms with Crippen LogP contribution in [0.25, 0.3) is 6.08 Å². The van der Waals surface area contributed by atoms with Gasteiger partial charge in [-0.3, -0.25) is 24.3 Å². The van der Waals surface area contributed by atoms with Crippen LogP contribution in [0.3, 0.4) is 0 Å². The summed E-state index contributed by atoms with van der Waals surface area (Å²) in [5, 5.41) is 4.21. The third kappa shape index (κ3) is 4.15. The van der Waals surface area contributed by atoms with Gasteiger partial charge in [-0.1, -0.05) is 12.1 Å². The van der Waals surface area contributed by atoms with E-state index in [0.29, 0.717) is 10.6 Å². The number of nitrogens with zero attached hydrogens (tertiary/aromatic N) is 2. The molecular weight excluding hydrogens is 358 g/mol. The molecule has 1 saturated heterocycles. The fourth-order valence-electron chi connectivity index (χ4n) is 2.28. The summed E-state index contributed by atoms with van der Waals surface area (Å²) in [4.78, 5) is 43.0. The molecule has 3 amide bonds. The molecule has 1 N–H and O–H groups in total. The fraction of sp³-hybridized carbons (Fsp3) is 0.176. The minimum Gasteiger partial charge on any atom is -0.346 e. The normalized spacial score (nSPS) is 17.2. The zero-order valence-corrected chi connectivity index (χ0v) is 15.0. The second-order valence-corrected chi connectivity index (χ2v) is 7.30. The number of carbonyl (C=O) groups is 3. The van der Waals surface area contributed by atoms with Gasteiger partial charge in [0.1, 0.15) is 6.54 Å². The summed E-state index contributed by atoms with van der Waals surface area (Å²) in [5.41, 5.74) is 0.711. The molecule has 2 aromatic heterocycles. The summed E-state index contributed by atoms with van der Waals surface area (Å²) in [6.45, 7) is 1.49. The van der Waals surface area contributed by atoms with E-state index in [-0.39, 0.29) is 12.6 Å². The number of thiophene rings is 1. The molecule has 25 heavy (non-hydrogen) atoms. The van der Waals surface area contributed by atoms with Gasteiger partial charge in [-0.25, -0.2) is 0 Å². The Morgan fingerprint density at radius 2 is 2.16 bits per heavy atom. The van der Waals surface area contributed by atoms with Gasteiger partial charge in [0.15, 0.2) is 0 Å². The first-order valence-electron chi connectivity index (χ1n) is 7.54. The largest absolute Gasteiger partial charge is 0.346 e. The molecule has 0 saturated carbocycles. The third-order valence-corrected chi connectivity index (χ3v) is 5.23. The lowest BCUT2D eigenvalue weighted by atomic mass is 10.2. The summed E-state index contributed by atoms with van der Waals surface area (Å²) in [6.07, 6.45) is 3.31. The maximum atomic E-state index is 12.4. The van der Waals surface area contributed by atoms with Gasteiger partial charge < -0.3 is 5.32 Å². The maximum absolute atomic E-state index is 12.4. The van der Waals surface area contributed by atoms with Crippen molar-refractivity contribution in [2.24, 2.45) is 0 Å². The molecule has 0 aliphatic carbocycles. The quantitative estimate of drug-likeness (QED) is 0.815. The van der Waals surface area contributed by atoms with Crippen molar-refractivity contribution in [2.75, 3.05) is 6.54 Å². The number of amides is 3. The van der Waals surface area contributed by atoms with Crippen molar-refractivity contribution in [3.8, 4) is 0 Å². The van der Waals surface area contributed by atoms with E-state index >= 15 is 0 Å². The van der Waals surface area contributed by atoms with Crippen LogP contribution in [0.4, 0.5) is 4.79 Å². The van der Waals surface area contributed by atoms with Crippen molar-refractivity contribution in [3.63, 3.8) is 0 Å². The molecule has 1 unspecified atom stereocenters. The highest BCUT2D eigenvalue weighted by Crippen LogP contribution is 2.32. The maximum Gasteiger partial charge on any atom is 0.294 e. The second-order valence-electron chi connectivity index (χ2n) is 5.33. The van der Waals surface area contributed by atoms with E-state index in [1.54, 1.807) is 31.3 Å². The van der Waals surface area contributed by atoms with Gasteiger partial charge in [0.2, 0.25) is 5.91 Å². The first-order chi connectivity index (χ1) is 12.0. The standard InChI is InChI=1S/C17H15N3O3S2/c1-11(13-6-2-3-7-18-13)19-15(21)10-20-16(22)14(25-17(20)23)9-12-5-4-8-24-12/h2-9,11H,10H2,1H3,(H,19,21). The van der Waals surface area contributed by atoms with E-state index in [1.807, 2.05) is 23.6 Å². The molecular formula is C17H15N3O3S2. The van der Waals surface area contributed by atoms with E-state index in [2.05, 4.69) is 10.3 Å². The van der Waals surface area contributed by atoms with Crippen LogP contribution in [0.2, 0.25) is 0 Å². The molecule has 1 atom stereocenters. The SMILES string of the molecule is CC(NC(=O)CN1C(=O)SC(=Cc2cccs2)C1=O)c1ccccn1. The van der Waals surface area contributed by atoms with E-state index in [4.69, 9.17) is 0 Å². The van der Waals surface area contributed by atoms with Crippen LogP contribution in [0, 0.1) is 0 Å². The Labute approximate surface area is 152 Å². The molecule has 6 nitrogen and oxygen atoms in total. The van der Waals surface area contributed by atoms with E-state index in [1.165, 1.54) is 11.3 Å². The number of hydrogen-bond donors (Lipinski definition) is 1. The van der Waals surface area contributed by atoms with Crippen LogP contribution in [0.15, 0.2) is 46.8 Å². The Morgan fingerprint density at radius 3 is 2.84 bits per heavy atom. The van der Waals surface area contributed by atoms with Gasteiger partial charge in [-0.05, 0) is 48.3 Å². The topological polar surface area (TPSA) is 79.4 Å². The highest BCUT2D eigenvalue weighted by Gasteiger charge is 2.36. The van der Waals surface area contributed by atoms with Crippen molar-refractivity contribution in [2.45, 2.75) is 13.0 Å². The van der Waals surface area contributed by atoms with Crippen LogP contribution in [0.5, 0.6) is 0 Å². The van der Waals surface area contributed by atoms with Crippen molar-refractivity contribution >= 4 is 46.2 Å². The molecule has 3 heterocycles. The minimum atomic E-state index is -0.441. The van der Waals surface area contributed by atoms with Gasteiger partial charge in [-0.2, -0.15) is 0 Å². The van der Waals surface area contributed by atoms with Crippen molar-refractivity contribution in [1.29, 1.82) is 0 Å². The van der Waals surface area contributed by atoms with Crippen molar-refractivity contribution < 1.29 is 14.4 Å². The Morgan fingerprint density at radius 1 is 1.32 bits per heavy atom. The predicted molar refractivity (Wildman–Crippen MR) is 97.8 cm³/mol. The monoisotopic (exact) mass is 373 g/mol. The summed E-state index contributed by atoms with van der Waals surface area (Å²) < 4.78 is 0. The lowest BCUT2D eigenvalue weighted by molar-refractivity contribution is -0.129. The molecule has 1 aliphatic heterocycles. The van der Waals surface area contributed by atoms with Gasteiger partial charge in [0, 0.05) is 11.1 Å². The molecule has 0 aromatic carbocycles. The summed E-state index contributed by atoms with van der Waals surface area (Å²) >= 11 is 2.33. The zero-order chi connectivity index (χ0) is 17.8. The van der Waals surface area contributed by atoms with Gasteiger partial charge >= 0.3 is 0 Å². The molecule has 8 heteroatoms. The minimum absolute atomic E-state index is 0.302. The molecule has 1 fully saturated rings. The van der Waals surface area contributed by atoms with Crippen LogP contribution in [-0.2, 0) is 9.59 Å². The number of aromatic nitrogens is 1. The average molecular weight is 373 g/mol. The summed E-state index contributed by atoms with van der Waals surface area (Å²) in [7, 11) is 0. The lowest BCUT2D eigenvalue weighted by Crippen LogP contribution is -2.40. The Hall–Kier alpha value is -2.45. The van der Waals surface area contributed by atoms with Gasteiger partial charge in [0.25, 0.3) is 11.1 Å². The van der Waals surface area contributed by atoms with E-state index < -0.39 is 17.1 Å². The molecule has 1 aliphatic rings. The average Bonchev–Trinajstić information content (AvgIpc) is 3.20. The molecule has 128 valence electrons. The van der Waals surface area contributed by atoms with Gasteiger partial charge in [-0.15, -0.1) is 11.3 Å². The summed E-state index contributed by atoms with van der Waals surface area (Å²) in [6, 6.07) is 8.84. The van der Waals surface area contributed by atoms with Crippen molar-refractivity contribution in [3.05, 3.63) is 57.4 Å². The Balaban J connectivity index is 1.63. The van der Waals surface area contributed by atoms with Gasteiger partial charge in [0.05, 0.1) is 16.6 Å². The number of thioether (sulfide) groups is 1. The number of hydrogen-bond acceptors (Lipinski definition) is 6. The summed E-state index contributed by atoms with van der Waals surface area (Å²) in [5.74, 6) is -0.845. The van der Waals surface area contributed by atoms with Crippen LogP contribution in [-0.4, -0.2) is 33.5 Å². The lowest BCUT2D eigenvalue weighted by Gasteiger charge is -2.16. The number of rotatable bonds is 5. The second kappa shape index (κ2) is 7.62. The van der Waals surface area contributed by atoms with Crippen LogP contribution >= 0.6 is 23.1 Å². The first-order valence-corrected chi connectivity index (χ1v) is 9.23. The van der Waals surface area contributed by atoms with E-state index in [9.17, 15) is 14.4 Å². The number of nitrogens with one attached hydrogen (secondary N) is 1. The fourth-order valence-corrected chi connectivity index (χ4v) is 3.84. The zero-order valence-electron chi connectivity index (χ0n) is 13.3. The highest BCUT2D eigenvalue weighted by atomic mass is 32.2. The molecule has 0 radical (unpaired) electrons.